The third-order valence-corrected chi connectivity index (χ3v) is 5.90. The van der Waals surface area contributed by atoms with Crippen LogP contribution in [0.1, 0.15) is 63.0 Å². The molecule has 0 spiro atoms. The van der Waals surface area contributed by atoms with Crippen molar-refractivity contribution in [1.82, 2.24) is 0 Å². The summed E-state index contributed by atoms with van der Waals surface area (Å²) in [5.74, 6) is -3.03. The van der Waals surface area contributed by atoms with E-state index >= 15 is 0 Å². The van der Waals surface area contributed by atoms with E-state index in [2.05, 4.69) is 11.7 Å². The van der Waals surface area contributed by atoms with E-state index in [1.165, 1.54) is 37.8 Å². The maximum absolute atomic E-state index is 14.7. The van der Waals surface area contributed by atoms with Crippen molar-refractivity contribution >= 4 is 5.83 Å². The SMILES string of the molecule is CCCCC1CCC(/C(F)=C(/F)c2ccc(CC(COC)C(F)(F)F)cc2)CC1. The molecule has 164 valence electrons. The second-order valence-electron chi connectivity index (χ2n) is 8.12. The molecule has 0 amide bonds. The fourth-order valence-corrected chi connectivity index (χ4v) is 4.06. The largest absolute Gasteiger partial charge is 0.394 e. The van der Waals surface area contributed by atoms with Gasteiger partial charge in [-0.15, -0.1) is 0 Å². The zero-order chi connectivity index (χ0) is 21.4. The van der Waals surface area contributed by atoms with Crippen molar-refractivity contribution < 1.29 is 26.7 Å². The number of benzene rings is 1. The fraction of sp³-hybridized carbons (Fsp3) is 0.652. The molecule has 1 aliphatic carbocycles. The smallest absolute Gasteiger partial charge is 0.384 e. The molecule has 29 heavy (non-hydrogen) atoms. The first kappa shape index (κ1) is 23.8. The summed E-state index contributed by atoms with van der Waals surface area (Å²) >= 11 is 0. The van der Waals surface area contributed by atoms with E-state index < -0.39 is 36.3 Å². The summed E-state index contributed by atoms with van der Waals surface area (Å²) in [6.07, 6.45) is 1.98. The van der Waals surface area contributed by atoms with Gasteiger partial charge < -0.3 is 4.74 Å². The number of alkyl halides is 3. The Morgan fingerprint density at radius 1 is 1.07 bits per heavy atom. The highest BCUT2D eigenvalue weighted by atomic mass is 19.4. The molecule has 1 nitrogen and oxygen atoms in total. The van der Waals surface area contributed by atoms with Crippen molar-refractivity contribution in [2.75, 3.05) is 13.7 Å². The molecule has 1 aromatic rings. The lowest BCUT2D eigenvalue weighted by atomic mass is 9.79. The average molecular weight is 418 g/mol. The van der Waals surface area contributed by atoms with Crippen molar-refractivity contribution in [3.8, 4) is 0 Å². The highest BCUT2D eigenvalue weighted by Crippen LogP contribution is 2.39. The minimum atomic E-state index is -4.37. The van der Waals surface area contributed by atoms with Gasteiger partial charge in [0, 0.05) is 18.6 Å². The number of unbranched alkanes of at least 4 members (excludes halogenated alkanes) is 1. The molecule has 0 radical (unpaired) electrons. The van der Waals surface area contributed by atoms with Gasteiger partial charge >= 0.3 is 6.18 Å². The van der Waals surface area contributed by atoms with Crippen molar-refractivity contribution in [2.24, 2.45) is 17.8 Å². The van der Waals surface area contributed by atoms with Gasteiger partial charge in [-0.1, -0.05) is 50.5 Å². The molecular weight excluding hydrogens is 387 g/mol. The van der Waals surface area contributed by atoms with Gasteiger partial charge in [-0.3, -0.25) is 0 Å². The first-order valence-corrected chi connectivity index (χ1v) is 10.5. The first-order valence-electron chi connectivity index (χ1n) is 10.5. The summed E-state index contributed by atoms with van der Waals surface area (Å²) in [5, 5.41) is 0. The molecule has 1 saturated carbocycles. The quantitative estimate of drug-likeness (QED) is 0.374. The normalized spacial score (nSPS) is 22.3. The van der Waals surface area contributed by atoms with E-state index in [1.807, 2.05) is 0 Å². The number of hydrogen-bond donors (Lipinski definition) is 0. The Bertz CT molecular complexity index is 642. The molecule has 0 saturated heterocycles. The molecule has 6 heteroatoms. The Balaban J connectivity index is 2.01. The van der Waals surface area contributed by atoms with Gasteiger partial charge in [0.1, 0.15) is 5.83 Å². The molecule has 2 rings (SSSR count). The molecule has 0 aliphatic heterocycles. The number of rotatable bonds is 9. The summed E-state index contributed by atoms with van der Waals surface area (Å²) in [7, 11) is 1.22. The fourth-order valence-electron chi connectivity index (χ4n) is 4.06. The Morgan fingerprint density at radius 2 is 1.69 bits per heavy atom. The van der Waals surface area contributed by atoms with E-state index in [1.54, 1.807) is 0 Å². The predicted octanol–water partition coefficient (Wildman–Crippen LogP) is 7.66. The minimum absolute atomic E-state index is 0.0784. The monoisotopic (exact) mass is 418 g/mol. The number of ether oxygens (including phenoxy) is 1. The third-order valence-electron chi connectivity index (χ3n) is 5.90. The van der Waals surface area contributed by atoms with Crippen LogP contribution >= 0.6 is 0 Å². The summed E-state index contributed by atoms with van der Waals surface area (Å²) in [6, 6.07) is 5.57. The maximum atomic E-state index is 14.7. The van der Waals surface area contributed by atoms with E-state index in [4.69, 9.17) is 0 Å². The number of methoxy groups -OCH3 is 1. The number of hydrogen-bond acceptors (Lipinski definition) is 1. The highest BCUT2D eigenvalue weighted by molar-refractivity contribution is 5.61. The lowest BCUT2D eigenvalue weighted by molar-refractivity contribution is -0.185. The van der Waals surface area contributed by atoms with Gasteiger partial charge in [-0.05, 0) is 43.6 Å². The summed E-state index contributed by atoms with van der Waals surface area (Å²) in [5.41, 5.74) is 0.493. The van der Waals surface area contributed by atoms with Crippen LogP contribution in [0.25, 0.3) is 5.83 Å². The molecular formula is C23H31F5O. The lowest BCUT2D eigenvalue weighted by Crippen LogP contribution is -2.29. The minimum Gasteiger partial charge on any atom is -0.384 e. The third kappa shape index (κ3) is 7.09. The number of allylic oxidation sites excluding steroid dienone is 1. The average Bonchev–Trinajstić information content (AvgIpc) is 2.71. The van der Waals surface area contributed by atoms with Crippen LogP contribution in [0.5, 0.6) is 0 Å². The Hall–Kier alpha value is -1.43. The molecule has 0 N–H and O–H groups in total. The zero-order valence-electron chi connectivity index (χ0n) is 17.2. The van der Waals surface area contributed by atoms with Gasteiger partial charge in [0.2, 0.25) is 0 Å². The molecule has 0 heterocycles. The zero-order valence-corrected chi connectivity index (χ0v) is 17.2. The standard InChI is InChI=1S/C23H31F5O/c1-3-4-5-16-6-10-18(11-7-16)21(24)22(25)19-12-8-17(9-13-19)14-20(15-29-2)23(26,27)28/h8-9,12-13,16,18,20H,3-7,10-11,14-15H2,1-2H3/b22-21-. The van der Waals surface area contributed by atoms with Gasteiger partial charge in [-0.25, -0.2) is 8.78 Å². The van der Waals surface area contributed by atoms with Crippen LogP contribution in [0.2, 0.25) is 0 Å². The maximum Gasteiger partial charge on any atom is 0.394 e. The summed E-state index contributed by atoms with van der Waals surface area (Å²) in [6.45, 7) is 1.71. The molecule has 1 unspecified atom stereocenters. The van der Waals surface area contributed by atoms with Gasteiger partial charge in [-0.2, -0.15) is 13.2 Å². The van der Waals surface area contributed by atoms with Crippen LogP contribution < -0.4 is 0 Å². The van der Waals surface area contributed by atoms with Crippen LogP contribution in [-0.4, -0.2) is 19.9 Å². The summed E-state index contributed by atoms with van der Waals surface area (Å²) < 4.78 is 73.0. The Labute approximate surface area is 170 Å². The topological polar surface area (TPSA) is 9.23 Å². The van der Waals surface area contributed by atoms with Crippen LogP contribution in [0.15, 0.2) is 30.1 Å². The molecule has 1 fully saturated rings. The predicted molar refractivity (Wildman–Crippen MR) is 106 cm³/mol. The van der Waals surface area contributed by atoms with Crippen molar-refractivity contribution in [3.05, 3.63) is 41.2 Å². The second kappa shape index (κ2) is 11.1. The van der Waals surface area contributed by atoms with E-state index in [9.17, 15) is 22.0 Å². The Kier molecular flexibility index (Phi) is 9.12. The van der Waals surface area contributed by atoms with Crippen LogP contribution in [-0.2, 0) is 11.2 Å². The highest BCUT2D eigenvalue weighted by Gasteiger charge is 2.39. The molecule has 1 atom stereocenters. The lowest BCUT2D eigenvalue weighted by Gasteiger charge is -2.27. The molecule has 0 bridgehead atoms. The van der Waals surface area contributed by atoms with Gasteiger partial charge in [0.25, 0.3) is 0 Å². The molecule has 0 aromatic heterocycles. The first-order chi connectivity index (χ1) is 13.8. The van der Waals surface area contributed by atoms with Crippen molar-refractivity contribution in [3.63, 3.8) is 0 Å². The van der Waals surface area contributed by atoms with E-state index in [-0.39, 0.29) is 12.0 Å². The van der Waals surface area contributed by atoms with Crippen LogP contribution in [0.3, 0.4) is 0 Å². The van der Waals surface area contributed by atoms with Crippen molar-refractivity contribution in [2.45, 2.75) is 64.5 Å². The molecule has 1 aromatic carbocycles. The van der Waals surface area contributed by atoms with Gasteiger partial charge in [0.15, 0.2) is 5.83 Å². The second-order valence-corrected chi connectivity index (χ2v) is 8.12. The van der Waals surface area contributed by atoms with Crippen LogP contribution in [0.4, 0.5) is 22.0 Å². The van der Waals surface area contributed by atoms with Gasteiger partial charge in [0.05, 0.1) is 12.5 Å². The summed E-state index contributed by atoms with van der Waals surface area (Å²) in [4.78, 5) is 0. The Morgan fingerprint density at radius 3 is 2.21 bits per heavy atom. The van der Waals surface area contributed by atoms with Crippen LogP contribution in [0, 0.1) is 17.8 Å². The van der Waals surface area contributed by atoms with E-state index in [0.717, 1.165) is 25.7 Å². The number of halogens is 5. The van der Waals surface area contributed by atoms with Crippen molar-refractivity contribution in [1.29, 1.82) is 0 Å². The molecule has 1 aliphatic rings. The van der Waals surface area contributed by atoms with E-state index in [0.29, 0.717) is 24.3 Å².